The van der Waals surface area contributed by atoms with E-state index in [9.17, 15) is 4.79 Å². The van der Waals surface area contributed by atoms with Gasteiger partial charge >= 0.3 is 5.97 Å². The zero-order valence-electron chi connectivity index (χ0n) is 8.16. The molecule has 2 rings (SSSR count). The van der Waals surface area contributed by atoms with Gasteiger partial charge in [0, 0.05) is 17.3 Å². The smallest absolute Gasteiger partial charge is 0.354 e. The molecular formula is C10H8N2O2S2. The molecule has 0 unspecified atom stereocenters. The lowest BCUT2D eigenvalue weighted by Gasteiger charge is -1.99. The van der Waals surface area contributed by atoms with Crippen molar-refractivity contribution in [3.05, 3.63) is 41.2 Å². The molecule has 0 atom stereocenters. The molecule has 2 aromatic heterocycles. The van der Waals surface area contributed by atoms with E-state index in [-0.39, 0.29) is 5.69 Å². The molecule has 2 heterocycles. The van der Waals surface area contributed by atoms with E-state index in [2.05, 4.69) is 9.97 Å². The third kappa shape index (κ3) is 2.80. The van der Waals surface area contributed by atoms with Crippen molar-refractivity contribution < 1.29 is 9.90 Å². The molecule has 0 aliphatic heterocycles. The fourth-order valence-corrected chi connectivity index (χ4v) is 2.64. The van der Waals surface area contributed by atoms with E-state index in [4.69, 9.17) is 5.11 Å². The molecule has 82 valence electrons. The Morgan fingerprint density at radius 2 is 2.38 bits per heavy atom. The first kappa shape index (κ1) is 11.1. The van der Waals surface area contributed by atoms with E-state index in [1.165, 1.54) is 6.07 Å². The van der Waals surface area contributed by atoms with E-state index in [1.54, 1.807) is 35.4 Å². The van der Waals surface area contributed by atoms with Crippen LogP contribution in [0, 0.1) is 0 Å². The minimum Gasteiger partial charge on any atom is -0.477 e. The largest absolute Gasteiger partial charge is 0.477 e. The maximum absolute atomic E-state index is 10.7. The number of nitrogens with zero attached hydrogens (tertiary/aromatic N) is 2. The molecule has 6 heteroatoms. The van der Waals surface area contributed by atoms with E-state index >= 15 is 0 Å². The van der Waals surface area contributed by atoms with Crippen LogP contribution < -0.4 is 0 Å². The summed E-state index contributed by atoms with van der Waals surface area (Å²) < 4.78 is 0.961. The summed E-state index contributed by atoms with van der Waals surface area (Å²) >= 11 is 3.11. The monoisotopic (exact) mass is 252 g/mol. The highest BCUT2D eigenvalue weighted by molar-refractivity contribution is 8.00. The number of thiazole rings is 1. The van der Waals surface area contributed by atoms with Gasteiger partial charge in [0.05, 0.1) is 5.69 Å². The number of rotatable bonds is 4. The fourth-order valence-electron chi connectivity index (χ4n) is 1.10. The van der Waals surface area contributed by atoms with Crippen LogP contribution in [0.4, 0.5) is 0 Å². The SMILES string of the molecule is O=C(O)c1cccc(CSc2nccs2)n1. The lowest BCUT2D eigenvalue weighted by molar-refractivity contribution is 0.0690. The van der Waals surface area contributed by atoms with Gasteiger partial charge in [0.2, 0.25) is 0 Å². The molecule has 0 aromatic carbocycles. The van der Waals surface area contributed by atoms with Gasteiger partial charge in [-0.05, 0) is 12.1 Å². The highest BCUT2D eigenvalue weighted by Crippen LogP contribution is 2.23. The van der Waals surface area contributed by atoms with Crippen molar-refractivity contribution in [3.63, 3.8) is 0 Å². The molecule has 0 bridgehead atoms. The molecule has 16 heavy (non-hydrogen) atoms. The number of hydrogen-bond acceptors (Lipinski definition) is 5. The van der Waals surface area contributed by atoms with E-state index in [1.807, 2.05) is 11.4 Å². The normalized spacial score (nSPS) is 10.2. The van der Waals surface area contributed by atoms with E-state index in [0.717, 1.165) is 10.0 Å². The van der Waals surface area contributed by atoms with Gasteiger partial charge < -0.3 is 5.11 Å². The molecule has 0 aliphatic carbocycles. The molecule has 0 spiro atoms. The molecule has 0 saturated carbocycles. The molecule has 4 nitrogen and oxygen atoms in total. The van der Waals surface area contributed by atoms with Crippen molar-refractivity contribution >= 4 is 29.1 Å². The number of carboxylic acids is 1. The third-order valence-electron chi connectivity index (χ3n) is 1.78. The quantitative estimate of drug-likeness (QED) is 0.847. The number of thioether (sulfide) groups is 1. The topological polar surface area (TPSA) is 63.1 Å². The van der Waals surface area contributed by atoms with Crippen molar-refractivity contribution in [1.82, 2.24) is 9.97 Å². The zero-order chi connectivity index (χ0) is 11.4. The number of hydrogen-bond donors (Lipinski definition) is 1. The van der Waals surface area contributed by atoms with E-state index in [0.29, 0.717) is 5.75 Å². The summed E-state index contributed by atoms with van der Waals surface area (Å²) in [6.45, 7) is 0. The van der Waals surface area contributed by atoms with Gasteiger partial charge in [-0.1, -0.05) is 17.8 Å². The predicted molar refractivity (Wildman–Crippen MR) is 62.9 cm³/mol. The minimum atomic E-state index is -0.999. The van der Waals surface area contributed by atoms with Gasteiger partial charge in [0.1, 0.15) is 10.0 Å². The van der Waals surface area contributed by atoms with Crippen LogP contribution in [-0.4, -0.2) is 21.0 Å². The number of carboxylic acid groups (broad SMARTS) is 1. The lowest BCUT2D eigenvalue weighted by atomic mass is 10.3. The number of carbonyl (C=O) groups is 1. The minimum absolute atomic E-state index is 0.0808. The van der Waals surface area contributed by atoms with Crippen LogP contribution in [0.5, 0.6) is 0 Å². The maximum atomic E-state index is 10.7. The summed E-state index contributed by atoms with van der Waals surface area (Å²) in [5.41, 5.74) is 0.831. The summed E-state index contributed by atoms with van der Waals surface area (Å²) in [5, 5.41) is 10.7. The molecule has 0 fully saturated rings. The average Bonchev–Trinajstić information content (AvgIpc) is 2.79. The highest BCUT2D eigenvalue weighted by Gasteiger charge is 2.05. The van der Waals surface area contributed by atoms with Crippen molar-refractivity contribution in [3.8, 4) is 0 Å². The van der Waals surface area contributed by atoms with Gasteiger partial charge in [-0.2, -0.15) is 0 Å². The van der Waals surface area contributed by atoms with Crippen LogP contribution in [-0.2, 0) is 5.75 Å². The van der Waals surface area contributed by atoms with Gasteiger partial charge in [-0.3, -0.25) is 0 Å². The van der Waals surface area contributed by atoms with Gasteiger partial charge in [-0.15, -0.1) is 11.3 Å². The Hall–Kier alpha value is -1.40. The Kier molecular flexibility index (Phi) is 3.53. The number of aromatic carboxylic acids is 1. The van der Waals surface area contributed by atoms with Crippen molar-refractivity contribution in [2.75, 3.05) is 0 Å². The summed E-state index contributed by atoms with van der Waals surface area (Å²) in [7, 11) is 0. The van der Waals surface area contributed by atoms with Gasteiger partial charge in [0.15, 0.2) is 0 Å². The first-order valence-corrected chi connectivity index (χ1v) is 6.34. The average molecular weight is 252 g/mol. The molecule has 0 radical (unpaired) electrons. The van der Waals surface area contributed by atoms with Crippen LogP contribution in [0.2, 0.25) is 0 Å². The van der Waals surface area contributed by atoms with Crippen molar-refractivity contribution in [2.45, 2.75) is 10.1 Å². The first-order valence-electron chi connectivity index (χ1n) is 4.47. The van der Waals surface area contributed by atoms with Crippen LogP contribution in [0.3, 0.4) is 0 Å². The molecule has 0 saturated heterocycles. The lowest BCUT2D eigenvalue weighted by Crippen LogP contribution is -2.01. The van der Waals surface area contributed by atoms with Crippen LogP contribution in [0.1, 0.15) is 16.2 Å². The summed E-state index contributed by atoms with van der Waals surface area (Å²) in [5.74, 6) is -0.365. The second kappa shape index (κ2) is 5.09. The van der Waals surface area contributed by atoms with Crippen molar-refractivity contribution in [1.29, 1.82) is 0 Å². The molecular weight excluding hydrogens is 244 g/mol. The van der Waals surface area contributed by atoms with Crippen LogP contribution in [0.15, 0.2) is 34.1 Å². The summed E-state index contributed by atoms with van der Waals surface area (Å²) in [4.78, 5) is 18.9. The second-order valence-corrected chi connectivity index (χ2v) is 5.02. The Morgan fingerprint density at radius 1 is 1.50 bits per heavy atom. The molecule has 0 amide bonds. The second-order valence-electron chi connectivity index (χ2n) is 2.91. The third-order valence-corrected chi connectivity index (χ3v) is 3.78. The summed E-state index contributed by atoms with van der Waals surface area (Å²) in [6.07, 6.45) is 1.74. The standard InChI is InChI=1S/C10H8N2O2S2/c13-9(14)8-3-1-2-7(12-8)6-16-10-11-4-5-15-10/h1-5H,6H2,(H,13,14). The van der Waals surface area contributed by atoms with Gasteiger partial charge in [0.25, 0.3) is 0 Å². The van der Waals surface area contributed by atoms with E-state index < -0.39 is 5.97 Å². The Labute approximate surface area is 100 Å². The number of pyridine rings is 1. The Bertz CT molecular complexity index is 485. The molecule has 1 N–H and O–H groups in total. The van der Waals surface area contributed by atoms with Crippen LogP contribution in [0.25, 0.3) is 0 Å². The first-order chi connectivity index (χ1) is 7.75. The Morgan fingerprint density at radius 3 is 3.06 bits per heavy atom. The maximum Gasteiger partial charge on any atom is 0.354 e. The van der Waals surface area contributed by atoms with Gasteiger partial charge in [-0.25, -0.2) is 14.8 Å². The molecule has 0 aliphatic rings. The number of aromatic nitrogens is 2. The fraction of sp³-hybridized carbons (Fsp3) is 0.100. The summed E-state index contributed by atoms with van der Waals surface area (Å²) in [6, 6.07) is 5.00. The predicted octanol–water partition coefficient (Wildman–Crippen LogP) is 2.53. The Balaban J connectivity index is 2.04. The van der Waals surface area contributed by atoms with Crippen molar-refractivity contribution in [2.24, 2.45) is 0 Å². The highest BCUT2D eigenvalue weighted by atomic mass is 32.2. The molecule has 2 aromatic rings. The van der Waals surface area contributed by atoms with Crippen LogP contribution >= 0.6 is 23.1 Å². The zero-order valence-corrected chi connectivity index (χ0v) is 9.79.